The van der Waals surface area contributed by atoms with E-state index in [2.05, 4.69) is 10.3 Å². The number of hydrogen-bond acceptors (Lipinski definition) is 5. The van der Waals surface area contributed by atoms with Gasteiger partial charge in [0.25, 0.3) is 0 Å². The lowest BCUT2D eigenvalue weighted by atomic mass is 10.1. The van der Waals surface area contributed by atoms with Crippen LogP contribution in [0.5, 0.6) is 0 Å². The van der Waals surface area contributed by atoms with Gasteiger partial charge in [0, 0.05) is 33.2 Å². The summed E-state index contributed by atoms with van der Waals surface area (Å²) in [7, 11) is 0. The lowest BCUT2D eigenvalue weighted by molar-refractivity contribution is -0.121. The highest BCUT2D eigenvalue weighted by Crippen LogP contribution is 2.28. The Morgan fingerprint density at radius 3 is 2.44 bits per heavy atom. The first kappa shape index (κ1) is 19.7. The molecule has 0 aliphatic rings. The summed E-state index contributed by atoms with van der Waals surface area (Å²) in [5, 5.41) is 4.38. The zero-order chi connectivity index (χ0) is 19.4. The number of amides is 1. The van der Waals surface area contributed by atoms with Crippen LogP contribution in [0.15, 0.2) is 36.4 Å². The van der Waals surface area contributed by atoms with E-state index in [1.54, 1.807) is 11.3 Å². The predicted octanol–water partition coefficient (Wildman–Crippen LogP) is 5.42. The van der Waals surface area contributed by atoms with Gasteiger partial charge in [-0.05, 0) is 38.1 Å². The lowest BCUT2D eigenvalue weighted by Gasteiger charge is -2.02. The summed E-state index contributed by atoms with van der Waals surface area (Å²) in [6, 6.07) is 11.3. The summed E-state index contributed by atoms with van der Waals surface area (Å²) < 4.78 is 0. The summed E-state index contributed by atoms with van der Waals surface area (Å²) in [4.78, 5) is 31.7. The molecule has 0 bridgehead atoms. The lowest BCUT2D eigenvalue weighted by Crippen LogP contribution is -2.23. The Bertz CT molecular complexity index is 961. The minimum Gasteiger partial charge on any atom is -0.350 e. The Labute approximate surface area is 171 Å². The van der Waals surface area contributed by atoms with Crippen molar-refractivity contribution in [2.45, 2.75) is 33.2 Å². The Morgan fingerprint density at radius 2 is 1.78 bits per heavy atom. The molecular weight excluding hydrogens is 400 g/mol. The standard InChI is InChI=1S/C20H19ClN2O2S2/c1-12-3-9-17(26-12)16(24)8-10-18(25)22-11-19-23-20(13(2)27-19)14-4-6-15(21)7-5-14/h3-7,9H,8,10-11H2,1-2H3,(H,22,25). The minimum absolute atomic E-state index is 0.0124. The van der Waals surface area contributed by atoms with Crippen molar-refractivity contribution in [3.05, 3.63) is 61.1 Å². The van der Waals surface area contributed by atoms with Gasteiger partial charge in [-0.1, -0.05) is 23.7 Å². The summed E-state index contributed by atoms with van der Waals surface area (Å²) in [5.74, 6) is -0.129. The van der Waals surface area contributed by atoms with Gasteiger partial charge >= 0.3 is 0 Å². The Hall–Kier alpha value is -2.02. The first-order valence-corrected chi connectivity index (χ1v) is 10.5. The van der Waals surface area contributed by atoms with E-state index in [-0.39, 0.29) is 24.5 Å². The molecule has 7 heteroatoms. The molecule has 1 N–H and O–H groups in total. The fourth-order valence-electron chi connectivity index (χ4n) is 2.60. The number of carbonyl (C=O) groups is 2. The van der Waals surface area contributed by atoms with E-state index in [1.165, 1.54) is 11.3 Å². The molecule has 0 aliphatic heterocycles. The van der Waals surface area contributed by atoms with Crippen LogP contribution in [0.25, 0.3) is 11.3 Å². The van der Waals surface area contributed by atoms with Crippen LogP contribution in [0.3, 0.4) is 0 Å². The minimum atomic E-state index is -0.141. The average molecular weight is 419 g/mol. The van der Waals surface area contributed by atoms with Crippen molar-refractivity contribution in [3.63, 3.8) is 0 Å². The third-order valence-corrected chi connectivity index (χ3v) is 6.25. The predicted molar refractivity (Wildman–Crippen MR) is 112 cm³/mol. The largest absolute Gasteiger partial charge is 0.350 e. The molecule has 1 aromatic carbocycles. The van der Waals surface area contributed by atoms with Gasteiger partial charge in [0.1, 0.15) is 5.01 Å². The summed E-state index contributed by atoms with van der Waals surface area (Å²) >= 11 is 8.95. The Morgan fingerprint density at radius 1 is 1.04 bits per heavy atom. The van der Waals surface area contributed by atoms with Crippen molar-refractivity contribution in [1.82, 2.24) is 10.3 Å². The molecule has 0 saturated heterocycles. The van der Waals surface area contributed by atoms with Crippen molar-refractivity contribution in [3.8, 4) is 11.3 Å². The van der Waals surface area contributed by atoms with Crippen molar-refractivity contribution in [1.29, 1.82) is 0 Å². The number of rotatable bonds is 7. The van der Waals surface area contributed by atoms with Crippen molar-refractivity contribution in [2.24, 2.45) is 0 Å². The van der Waals surface area contributed by atoms with E-state index < -0.39 is 0 Å². The first-order chi connectivity index (χ1) is 12.9. The number of halogens is 1. The highest BCUT2D eigenvalue weighted by Gasteiger charge is 2.13. The highest BCUT2D eigenvalue weighted by molar-refractivity contribution is 7.14. The van der Waals surface area contributed by atoms with E-state index >= 15 is 0 Å². The van der Waals surface area contributed by atoms with Gasteiger partial charge in [0.05, 0.1) is 17.1 Å². The second kappa shape index (κ2) is 8.78. The molecule has 0 radical (unpaired) electrons. The maximum Gasteiger partial charge on any atom is 0.220 e. The van der Waals surface area contributed by atoms with Crippen LogP contribution in [0.1, 0.15) is 37.3 Å². The molecule has 2 aromatic heterocycles. The van der Waals surface area contributed by atoms with Gasteiger partial charge in [0.2, 0.25) is 5.91 Å². The number of nitrogens with zero attached hydrogens (tertiary/aromatic N) is 1. The molecule has 4 nitrogen and oxygen atoms in total. The maximum absolute atomic E-state index is 12.1. The average Bonchev–Trinajstić information content (AvgIpc) is 3.24. The molecule has 0 saturated carbocycles. The second-order valence-corrected chi connectivity index (χ2v) is 9.14. The molecule has 3 aromatic rings. The van der Waals surface area contributed by atoms with Gasteiger partial charge in [-0.15, -0.1) is 22.7 Å². The van der Waals surface area contributed by atoms with E-state index in [9.17, 15) is 9.59 Å². The molecule has 3 rings (SSSR count). The summed E-state index contributed by atoms with van der Waals surface area (Å²) in [6.07, 6.45) is 0.406. The quantitative estimate of drug-likeness (QED) is 0.521. The number of Topliss-reactive ketones (excluding diaryl/α,β-unsaturated/α-hetero) is 1. The number of thiophene rings is 1. The Balaban J connectivity index is 1.52. The fraction of sp³-hybridized carbons (Fsp3) is 0.250. The van der Waals surface area contributed by atoms with Gasteiger partial charge in [0.15, 0.2) is 5.78 Å². The molecule has 0 fully saturated rings. The van der Waals surface area contributed by atoms with Crippen molar-refractivity contribution < 1.29 is 9.59 Å². The number of aromatic nitrogens is 1. The highest BCUT2D eigenvalue weighted by atomic mass is 35.5. The van der Waals surface area contributed by atoms with Crippen molar-refractivity contribution >= 4 is 46.0 Å². The van der Waals surface area contributed by atoms with Crippen LogP contribution in [-0.4, -0.2) is 16.7 Å². The zero-order valence-electron chi connectivity index (χ0n) is 15.0. The summed E-state index contributed by atoms with van der Waals surface area (Å²) in [5.41, 5.74) is 1.91. The van der Waals surface area contributed by atoms with Crippen LogP contribution in [-0.2, 0) is 11.3 Å². The van der Waals surface area contributed by atoms with Gasteiger partial charge in [-0.2, -0.15) is 0 Å². The maximum atomic E-state index is 12.1. The third kappa shape index (κ3) is 5.25. The zero-order valence-corrected chi connectivity index (χ0v) is 17.4. The van der Waals surface area contributed by atoms with Gasteiger partial charge < -0.3 is 5.32 Å². The van der Waals surface area contributed by atoms with Crippen LogP contribution in [0, 0.1) is 13.8 Å². The smallest absolute Gasteiger partial charge is 0.220 e. The van der Waals surface area contributed by atoms with Gasteiger partial charge in [-0.25, -0.2) is 4.98 Å². The summed E-state index contributed by atoms with van der Waals surface area (Å²) in [6.45, 7) is 4.33. The SMILES string of the molecule is Cc1ccc(C(=O)CCC(=O)NCc2nc(-c3ccc(Cl)cc3)c(C)s2)s1. The molecule has 0 aliphatic carbocycles. The molecule has 0 spiro atoms. The number of hydrogen-bond donors (Lipinski definition) is 1. The van der Waals surface area contributed by atoms with Crippen LogP contribution < -0.4 is 5.32 Å². The molecule has 1 amide bonds. The number of ketones is 1. The van der Waals surface area contributed by atoms with Crippen LogP contribution >= 0.6 is 34.3 Å². The monoisotopic (exact) mass is 418 g/mol. The normalized spacial score (nSPS) is 10.8. The number of aryl methyl sites for hydroxylation is 2. The molecule has 140 valence electrons. The van der Waals surface area contributed by atoms with Crippen LogP contribution in [0.4, 0.5) is 0 Å². The number of benzene rings is 1. The van der Waals surface area contributed by atoms with Gasteiger partial charge in [-0.3, -0.25) is 9.59 Å². The second-order valence-electron chi connectivity index (χ2n) is 6.13. The van der Waals surface area contributed by atoms with Crippen molar-refractivity contribution in [2.75, 3.05) is 0 Å². The van der Waals surface area contributed by atoms with E-state index in [0.29, 0.717) is 16.4 Å². The van der Waals surface area contributed by atoms with E-state index in [0.717, 1.165) is 26.0 Å². The van der Waals surface area contributed by atoms with E-state index in [4.69, 9.17) is 11.6 Å². The Kier molecular flexibility index (Phi) is 6.42. The molecule has 2 heterocycles. The molecule has 27 heavy (non-hydrogen) atoms. The molecule has 0 unspecified atom stereocenters. The number of carbonyl (C=O) groups excluding carboxylic acids is 2. The van der Waals surface area contributed by atoms with E-state index in [1.807, 2.05) is 50.2 Å². The first-order valence-electron chi connectivity index (χ1n) is 8.51. The number of thiazole rings is 1. The molecule has 0 atom stereocenters. The topological polar surface area (TPSA) is 59.1 Å². The number of nitrogens with one attached hydrogen (secondary N) is 1. The molecular formula is C20H19ClN2O2S2. The third-order valence-electron chi connectivity index (χ3n) is 3.99. The fourth-order valence-corrected chi connectivity index (χ4v) is 4.46. The van der Waals surface area contributed by atoms with Crippen LogP contribution in [0.2, 0.25) is 5.02 Å².